The van der Waals surface area contributed by atoms with E-state index >= 15 is 0 Å². The number of alkyl halides is 3. The fourth-order valence-corrected chi connectivity index (χ4v) is 1.88. The third kappa shape index (κ3) is 4.88. The molecule has 8 heteroatoms. The Kier molecular flexibility index (Phi) is 5.49. The molecule has 0 aliphatic rings. The Labute approximate surface area is 141 Å². The number of nitrogens with zero attached hydrogens (tertiary/aromatic N) is 1. The van der Waals surface area contributed by atoms with E-state index in [9.17, 15) is 18.0 Å². The summed E-state index contributed by atoms with van der Waals surface area (Å²) >= 11 is 0. The summed E-state index contributed by atoms with van der Waals surface area (Å²) in [6.07, 6.45) is -4.50. The Morgan fingerprint density at radius 3 is 2.56 bits per heavy atom. The molecule has 0 saturated carbocycles. The molecule has 0 heterocycles. The summed E-state index contributed by atoms with van der Waals surface area (Å²) < 4.78 is 52.9. The van der Waals surface area contributed by atoms with Crippen molar-refractivity contribution in [2.24, 2.45) is 0 Å². The van der Waals surface area contributed by atoms with Gasteiger partial charge < -0.3 is 14.2 Å². The molecule has 25 heavy (non-hydrogen) atoms. The van der Waals surface area contributed by atoms with Crippen LogP contribution in [-0.4, -0.2) is 19.7 Å². The quantitative estimate of drug-likeness (QED) is 0.608. The number of nitriles is 1. The van der Waals surface area contributed by atoms with E-state index in [0.717, 1.165) is 12.1 Å². The van der Waals surface area contributed by atoms with E-state index in [1.165, 1.54) is 37.4 Å². The second-order valence-corrected chi connectivity index (χ2v) is 4.77. The van der Waals surface area contributed by atoms with Crippen LogP contribution in [0.25, 0.3) is 0 Å². The van der Waals surface area contributed by atoms with Gasteiger partial charge in [0.2, 0.25) is 0 Å². The predicted molar refractivity (Wildman–Crippen MR) is 80.3 cm³/mol. The number of carbonyl (C=O) groups is 1. The smallest absolute Gasteiger partial charge is 0.416 e. The lowest BCUT2D eigenvalue weighted by Gasteiger charge is -2.11. The van der Waals surface area contributed by atoms with Gasteiger partial charge in [-0.25, -0.2) is 4.79 Å². The summed E-state index contributed by atoms with van der Waals surface area (Å²) in [5.74, 6) is -0.704. The molecule has 0 radical (unpaired) electrons. The largest absolute Gasteiger partial charge is 0.493 e. The molecule has 0 spiro atoms. The minimum atomic E-state index is -4.50. The van der Waals surface area contributed by atoms with Gasteiger partial charge in [0.05, 0.1) is 24.3 Å². The van der Waals surface area contributed by atoms with E-state index in [4.69, 9.17) is 19.5 Å². The first-order valence-electron chi connectivity index (χ1n) is 6.92. The molecule has 0 N–H and O–H groups in total. The Bertz CT molecular complexity index is 812. The zero-order chi connectivity index (χ0) is 18.4. The number of carbonyl (C=O) groups excluding carboxylic acids is 1. The molecule has 0 aliphatic carbocycles. The van der Waals surface area contributed by atoms with E-state index in [1.807, 2.05) is 6.07 Å². The first-order valence-corrected chi connectivity index (χ1v) is 6.92. The minimum absolute atomic E-state index is 0.0687. The van der Waals surface area contributed by atoms with Crippen molar-refractivity contribution in [3.8, 4) is 23.3 Å². The van der Waals surface area contributed by atoms with Crippen molar-refractivity contribution >= 4 is 5.97 Å². The van der Waals surface area contributed by atoms with E-state index in [-0.39, 0.29) is 17.2 Å². The van der Waals surface area contributed by atoms with E-state index in [1.54, 1.807) is 0 Å². The Hall–Kier alpha value is -3.21. The number of hydrogen-bond donors (Lipinski definition) is 0. The highest BCUT2D eigenvalue weighted by molar-refractivity contribution is 5.75. The third-order valence-electron chi connectivity index (χ3n) is 3.03. The number of rotatable bonds is 5. The first-order chi connectivity index (χ1) is 11.8. The summed E-state index contributed by atoms with van der Waals surface area (Å²) in [6.45, 7) is -0.593. The van der Waals surface area contributed by atoms with E-state index in [0.29, 0.717) is 5.56 Å². The third-order valence-corrected chi connectivity index (χ3v) is 3.03. The van der Waals surface area contributed by atoms with E-state index in [2.05, 4.69) is 0 Å². The molecule has 0 bridgehead atoms. The SMILES string of the molecule is COc1cc(C#N)ccc1OC(=O)COc1cccc(C(F)(F)F)c1. The highest BCUT2D eigenvalue weighted by Gasteiger charge is 2.30. The van der Waals surface area contributed by atoms with E-state index < -0.39 is 24.3 Å². The number of benzene rings is 2. The van der Waals surface area contributed by atoms with Crippen molar-refractivity contribution < 1.29 is 32.2 Å². The fraction of sp³-hybridized carbons (Fsp3) is 0.176. The van der Waals surface area contributed by atoms with Gasteiger partial charge in [-0.05, 0) is 30.3 Å². The Balaban J connectivity index is 2.01. The molecular weight excluding hydrogens is 339 g/mol. The zero-order valence-corrected chi connectivity index (χ0v) is 13.0. The van der Waals surface area contributed by atoms with Crippen LogP contribution in [0.3, 0.4) is 0 Å². The van der Waals surface area contributed by atoms with Crippen molar-refractivity contribution in [2.75, 3.05) is 13.7 Å². The molecular formula is C17H12F3NO4. The van der Waals surface area contributed by atoms with Crippen molar-refractivity contribution in [2.45, 2.75) is 6.18 Å². The van der Waals surface area contributed by atoms with Gasteiger partial charge in [0.25, 0.3) is 0 Å². The van der Waals surface area contributed by atoms with Crippen LogP contribution in [0.5, 0.6) is 17.2 Å². The van der Waals surface area contributed by atoms with Gasteiger partial charge in [0, 0.05) is 6.07 Å². The normalized spacial score (nSPS) is 10.7. The lowest BCUT2D eigenvalue weighted by molar-refractivity contribution is -0.137. The molecule has 130 valence electrons. The van der Waals surface area contributed by atoms with Crippen LogP contribution in [0.1, 0.15) is 11.1 Å². The molecule has 2 aromatic carbocycles. The maximum atomic E-state index is 12.6. The van der Waals surface area contributed by atoms with Crippen molar-refractivity contribution in [1.82, 2.24) is 0 Å². The highest BCUT2D eigenvalue weighted by Crippen LogP contribution is 2.31. The van der Waals surface area contributed by atoms with Gasteiger partial charge in [-0.1, -0.05) is 6.07 Å². The number of esters is 1. The second-order valence-electron chi connectivity index (χ2n) is 4.77. The van der Waals surface area contributed by atoms with Gasteiger partial charge in [-0.3, -0.25) is 0 Å². The van der Waals surface area contributed by atoms with Crippen LogP contribution in [0, 0.1) is 11.3 Å². The van der Waals surface area contributed by atoms with Crippen molar-refractivity contribution in [3.05, 3.63) is 53.6 Å². The molecule has 0 atom stereocenters. The van der Waals surface area contributed by atoms with Crippen molar-refractivity contribution in [3.63, 3.8) is 0 Å². The summed E-state index contributed by atoms with van der Waals surface area (Å²) in [5.41, 5.74) is -0.566. The van der Waals surface area contributed by atoms with Crippen molar-refractivity contribution in [1.29, 1.82) is 5.26 Å². The van der Waals surface area contributed by atoms with Gasteiger partial charge >= 0.3 is 12.1 Å². The van der Waals surface area contributed by atoms with Gasteiger partial charge in [-0.15, -0.1) is 0 Å². The maximum Gasteiger partial charge on any atom is 0.416 e. The van der Waals surface area contributed by atoms with Gasteiger partial charge in [0.15, 0.2) is 18.1 Å². The summed E-state index contributed by atoms with van der Waals surface area (Å²) in [7, 11) is 1.34. The molecule has 0 saturated heterocycles. The first kappa shape index (κ1) is 18.1. The topological polar surface area (TPSA) is 68.5 Å². The zero-order valence-electron chi connectivity index (χ0n) is 13.0. The number of halogens is 3. The second kappa shape index (κ2) is 7.57. The highest BCUT2D eigenvalue weighted by atomic mass is 19.4. The van der Waals surface area contributed by atoms with Crippen LogP contribution in [0.4, 0.5) is 13.2 Å². The molecule has 0 unspecified atom stereocenters. The van der Waals surface area contributed by atoms with Crippen LogP contribution in [0.2, 0.25) is 0 Å². The minimum Gasteiger partial charge on any atom is -0.493 e. The predicted octanol–water partition coefficient (Wildman–Crippen LogP) is 3.57. The summed E-state index contributed by atoms with van der Waals surface area (Å²) in [5, 5.41) is 8.81. The summed E-state index contributed by atoms with van der Waals surface area (Å²) in [6, 6.07) is 10.3. The average molecular weight is 351 g/mol. The fourth-order valence-electron chi connectivity index (χ4n) is 1.88. The number of methoxy groups -OCH3 is 1. The summed E-state index contributed by atoms with van der Waals surface area (Å²) in [4.78, 5) is 11.8. The molecule has 0 amide bonds. The van der Waals surface area contributed by atoms with Crippen LogP contribution in [-0.2, 0) is 11.0 Å². The van der Waals surface area contributed by atoms with Crippen LogP contribution in [0.15, 0.2) is 42.5 Å². The molecule has 0 fully saturated rings. The van der Waals surface area contributed by atoms with Gasteiger partial charge in [0.1, 0.15) is 5.75 Å². The number of hydrogen-bond acceptors (Lipinski definition) is 5. The monoisotopic (exact) mass is 351 g/mol. The Morgan fingerprint density at radius 2 is 1.92 bits per heavy atom. The number of ether oxygens (including phenoxy) is 3. The van der Waals surface area contributed by atoms with Crippen LogP contribution >= 0.6 is 0 Å². The molecule has 0 aromatic heterocycles. The van der Waals surface area contributed by atoms with Gasteiger partial charge in [-0.2, -0.15) is 18.4 Å². The molecule has 2 rings (SSSR count). The maximum absolute atomic E-state index is 12.6. The standard InChI is InChI=1S/C17H12F3NO4/c1-23-15-7-11(9-21)5-6-14(15)25-16(22)10-24-13-4-2-3-12(8-13)17(18,19)20/h2-8H,10H2,1H3. The molecule has 0 aliphatic heterocycles. The van der Waals surface area contributed by atoms with Crippen LogP contribution < -0.4 is 14.2 Å². The molecule has 5 nitrogen and oxygen atoms in total. The Morgan fingerprint density at radius 1 is 1.16 bits per heavy atom. The average Bonchev–Trinajstić information content (AvgIpc) is 2.60. The molecule has 2 aromatic rings. The lowest BCUT2D eigenvalue weighted by atomic mass is 10.2. The lowest BCUT2D eigenvalue weighted by Crippen LogP contribution is -2.18.